The summed E-state index contributed by atoms with van der Waals surface area (Å²) in [5.41, 5.74) is 0. The van der Waals surface area contributed by atoms with E-state index in [9.17, 15) is 40.7 Å². The fraction of sp³-hybridized carbons (Fsp3) is 0.667. The summed E-state index contributed by atoms with van der Waals surface area (Å²) in [6, 6.07) is 0. The van der Waals surface area contributed by atoms with Crippen molar-refractivity contribution in [1.82, 2.24) is 15.5 Å². The highest BCUT2D eigenvalue weighted by atomic mass is 19.4. The minimum absolute atomic E-state index is 0.438. The smallest absolute Gasteiger partial charge is 0.465 e. The van der Waals surface area contributed by atoms with E-state index in [0.717, 1.165) is 0 Å². The van der Waals surface area contributed by atoms with E-state index in [2.05, 4.69) is 0 Å². The SMILES string of the molecule is O=C(O)N(CCNC(=O)C(F)(F)F)CCNC(=O)C(F)(F)F. The van der Waals surface area contributed by atoms with Crippen molar-refractivity contribution >= 4 is 17.9 Å². The van der Waals surface area contributed by atoms with E-state index in [1.165, 1.54) is 10.6 Å². The van der Waals surface area contributed by atoms with E-state index in [-0.39, 0.29) is 0 Å². The lowest BCUT2D eigenvalue weighted by Crippen LogP contribution is -2.46. The van der Waals surface area contributed by atoms with Crippen LogP contribution in [0, 0.1) is 0 Å². The molecule has 0 spiro atoms. The molecule has 0 rings (SSSR count). The third kappa shape index (κ3) is 7.54. The van der Waals surface area contributed by atoms with Crippen molar-refractivity contribution in [3.05, 3.63) is 0 Å². The van der Waals surface area contributed by atoms with Gasteiger partial charge in [0.1, 0.15) is 0 Å². The molecular weight excluding hydrogens is 328 g/mol. The molecule has 0 radical (unpaired) electrons. The summed E-state index contributed by atoms with van der Waals surface area (Å²) < 4.78 is 71.0. The van der Waals surface area contributed by atoms with Crippen molar-refractivity contribution in [1.29, 1.82) is 0 Å². The van der Waals surface area contributed by atoms with Crippen LogP contribution < -0.4 is 10.6 Å². The van der Waals surface area contributed by atoms with Gasteiger partial charge < -0.3 is 20.6 Å². The van der Waals surface area contributed by atoms with Gasteiger partial charge in [0, 0.05) is 26.2 Å². The number of nitrogens with one attached hydrogen (secondary N) is 2. The first-order chi connectivity index (χ1) is 9.85. The van der Waals surface area contributed by atoms with Crippen LogP contribution in [0.25, 0.3) is 0 Å². The quantitative estimate of drug-likeness (QED) is 0.607. The first-order valence-electron chi connectivity index (χ1n) is 5.53. The molecular formula is C9H11F6N3O4. The molecule has 0 unspecified atom stereocenters. The summed E-state index contributed by atoms with van der Waals surface area (Å²) >= 11 is 0. The highest BCUT2D eigenvalue weighted by molar-refractivity contribution is 5.82. The number of carbonyl (C=O) groups excluding carboxylic acids is 2. The Kier molecular flexibility index (Phi) is 6.93. The van der Waals surface area contributed by atoms with Gasteiger partial charge in [-0.05, 0) is 0 Å². The third-order valence-corrected chi connectivity index (χ3v) is 2.12. The molecule has 0 bridgehead atoms. The van der Waals surface area contributed by atoms with E-state index in [0.29, 0.717) is 4.90 Å². The van der Waals surface area contributed by atoms with Gasteiger partial charge in [0.15, 0.2) is 0 Å². The fourth-order valence-electron chi connectivity index (χ4n) is 1.11. The van der Waals surface area contributed by atoms with Crippen molar-refractivity contribution in [2.24, 2.45) is 0 Å². The minimum atomic E-state index is -5.13. The second kappa shape index (κ2) is 7.70. The summed E-state index contributed by atoms with van der Waals surface area (Å²) in [6.07, 6.45) is -11.9. The normalized spacial score (nSPS) is 11.7. The van der Waals surface area contributed by atoms with Gasteiger partial charge >= 0.3 is 30.3 Å². The number of alkyl halides is 6. The summed E-state index contributed by atoms with van der Waals surface area (Å²) in [5, 5.41) is 11.5. The number of nitrogens with zero attached hydrogens (tertiary/aromatic N) is 1. The van der Waals surface area contributed by atoms with Crippen LogP contribution >= 0.6 is 0 Å². The number of hydrogen-bond donors (Lipinski definition) is 3. The van der Waals surface area contributed by atoms with Gasteiger partial charge in [0.25, 0.3) is 0 Å². The Hall–Kier alpha value is -2.21. The Bertz CT molecular complexity index is 391. The maximum absolute atomic E-state index is 11.8. The average molecular weight is 339 g/mol. The number of carboxylic acid groups (broad SMARTS) is 1. The van der Waals surface area contributed by atoms with E-state index in [4.69, 9.17) is 5.11 Å². The minimum Gasteiger partial charge on any atom is -0.465 e. The molecule has 0 aliphatic heterocycles. The van der Waals surface area contributed by atoms with Gasteiger partial charge in [-0.1, -0.05) is 0 Å². The molecule has 3 amide bonds. The monoisotopic (exact) mass is 339 g/mol. The van der Waals surface area contributed by atoms with E-state index in [1.54, 1.807) is 0 Å². The predicted octanol–water partition coefficient (Wildman–Crippen LogP) is 0.323. The predicted molar refractivity (Wildman–Crippen MR) is 57.7 cm³/mol. The van der Waals surface area contributed by atoms with Crippen LogP contribution in [0.15, 0.2) is 0 Å². The molecule has 13 heteroatoms. The van der Waals surface area contributed by atoms with Crippen molar-refractivity contribution in [3.8, 4) is 0 Å². The molecule has 0 saturated heterocycles. The van der Waals surface area contributed by atoms with Crippen LogP contribution in [-0.4, -0.2) is 66.4 Å². The molecule has 0 fully saturated rings. The van der Waals surface area contributed by atoms with Crippen LogP contribution in [0.2, 0.25) is 0 Å². The Labute approximate surface area is 119 Å². The second-order valence-corrected chi connectivity index (χ2v) is 3.78. The molecule has 0 aromatic heterocycles. The van der Waals surface area contributed by atoms with E-state index in [1.807, 2.05) is 0 Å². The lowest BCUT2D eigenvalue weighted by molar-refractivity contribution is -0.173. The van der Waals surface area contributed by atoms with E-state index >= 15 is 0 Å². The Balaban J connectivity index is 4.21. The van der Waals surface area contributed by atoms with Gasteiger partial charge in [0.2, 0.25) is 0 Å². The van der Waals surface area contributed by atoms with Crippen LogP contribution in [0.5, 0.6) is 0 Å². The van der Waals surface area contributed by atoms with Crippen LogP contribution in [0.4, 0.5) is 31.1 Å². The molecule has 0 saturated carbocycles. The molecule has 0 aromatic carbocycles. The zero-order chi connectivity index (χ0) is 17.6. The molecule has 0 heterocycles. The van der Waals surface area contributed by atoms with Crippen molar-refractivity contribution in [2.75, 3.05) is 26.2 Å². The van der Waals surface area contributed by atoms with Crippen LogP contribution in [0.1, 0.15) is 0 Å². The molecule has 7 nitrogen and oxygen atoms in total. The third-order valence-electron chi connectivity index (χ3n) is 2.12. The largest absolute Gasteiger partial charge is 0.471 e. The molecule has 0 aliphatic carbocycles. The van der Waals surface area contributed by atoms with Crippen molar-refractivity contribution < 1.29 is 45.8 Å². The maximum atomic E-state index is 11.8. The summed E-state index contributed by atoms with van der Waals surface area (Å²) in [6.45, 7) is -2.59. The number of carbonyl (C=O) groups is 3. The van der Waals surface area contributed by atoms with Gasteiger partial charge in [-0.25, -0.2) is 4.79 Å². The number of halogens is 6. The number of amides is 3. The first kappa shape index (κ1) is 19.8. The van der Waals surface area contributed by atoms with Crippen LogP contribution in [-0.2, 0) is 9.59 Å². The second-order valence-electron chi connectivity index (χ2n) is 3.78. The van der Waals surface area contributed by atoms with Crippen molar-refractivity contribution in [2.45, 2.75) is 12.4 Å². The summed E-state index contributed by atoms with van der Waals surface area (Å²) in [4.78, 5) is 32.0. The van der Waals surface area contributed by atoms with Gasteiger partial charge in [-0.15, -0.1) is 0 Å². The molecule has 0 aliphatic rings. The molecule has 128 valence electrons. The number of rotatable bonds is 6. The van der Waals surface area contributed by atoms with Gasteiger partial charge in [-0.3, -0.25) is 9.59 Å². The highest BCUT2D eigenvalue weighted by Crippen LogP contribution is 2.14. The lowest BCUT2D eigenvalue weighted by atomic mass is 10.4. The van der Waals surface area contributed by atoms with Crippen molar-refractivity contribution in [3.63, 3.8) is 0 Å². The molecule has 3 N–H and O–H groups in total. The van der Waals surface area contributed by atoms with Crippen LogP contribution in [0.3, 0.4) is 0 Å². The summed E-state index contributed by atoms with van der Waals surface area (Å²) in [5.74, 6) is -4.55. The van der Waals surface area contributed by atoms with E-state index < -0.39 is 56.4 Å². The molecule has 22 heavy (non-hydrogen) atoms. The van der Waals surface area contributed by atoms with Gasteiger partial charge in [-0.2, -0.15) is 26.3 Å². The first-order valence-corrected chi connectivity index (χ1v) is 5.53. The number of hydrogen-bond acceptors (Lipinski definition) is 3. The Morgan fingerprint density at radius 2 is 1.14 bits per heavy atom. The summed E-state index contributed by atoms with van der Waals surface area (Å²) in [7, 11) is 0. The Morgan fingerprint density at radius 3 is 1.36 bits per heavy atom. The zero-order valence-corrected chi connectivity index (χ0v) is 10.7. The fourth-order valence-corrected chi connectivity index (χ4v) is 1.11. The lowest BCUT2D eigenvalue weighted by Gasteiger charge is -2.20. The Morgan fingerprint density at radius 1 is 0.818 bits per heavy atom. The zero-order valence-electron chi connectivity index (χ0n) is 10.7. The average Bonchev–Trinajstić information content (AvgIpc) is 2.33. The highest BCUT2D eigenvalue weighted by Gasteiger charge is 2.39. The maximum Gasteiger partial charge on any atom is 0.471 e. The molecule has 0 aromatic rings. The van der Waals surface area contributed by atoms with Gasteiger partial charge in [0.05, 0.1) is 0 Å². The topological polar surface area (TPSA) is 98.7 Å². The molecule has 0 atom stereocenters. The standard InChI is InChI=1S/C9H11F6N3O4/c10-8(11,12)5(19)16-1-3-18(7(21)22)4-2-17-6(20)9(13,14)15/h1-4H2,(H,16,19)(H,17,20)(H,21,22).